The summed E-state index contributed by atoms with van der Waals surface area (Å²) in [5.74, 6) is 2.07. The first-order valence-corrected chi connectivity index (χ1v) is 9.10. The Bertz CT molecular complexity index is 1040. The lowest BCUT2D eigenvalue weighted by Crippen LogP contribution is -1.98. The van der Waals surface area contributed by atoms with Crippen LogP contribution in [0.25, 0.3) is 6.08 Å². The summed E-state index contributed by atoms with van der Waals surface area (Å²) in [4.78, 5) is 12.5. The Hall–Kier alpha value is -3.24. The quantitative estimate of drug-likeness (QED) is 0.534. The van der Waals surface area contributed by atoms with E-state index in [-0.39, 0.29) is 11.5 Å². The minimum absolute atomic E-state index is 0.147. The van der Waals surface area contributed by atoms with Gasteiger partial charge in [-0.25, -0.2) is 0 Å². The van der Waals surface area contributed by atoms with Gasteiger partial charge in [0.05, 0.1) is 12.7 Å². The first-order chi connectivity index (χ1) is 13.6. The normalized spacial score (nSPS) is 13.9. The van der Waals surface area contributed by atoms with Gasteiger partial charge in [0, 0.05) is 11.1 Å². The zero-order chi connectivity index (χ0) is 19.5. The van der Waals surface area contributed by atoms with Crippen molar-refractivity contribution in [3.8, 4) is 17.2 Å². The molecule has 1 aliphatic heterocycles. The third-order valence-corrected chi connectivity index (χ3v) is 4.63. The Kier molecular flexibility index (Phi) is 5.04. The lowest BCUT2D eigenvalue weighted by molar-refractivity contribution is 0.101. The Balaban J connectivity index is 1.47. The van der Waals surface area contributed by atoms with Crippen molar-refractivity contribution >= 4 is 23.5 Å². The van der Waals surface area contributed by atoms with Crippen LogP contribution < -0.4 is 14.2 Å². The monoisotopic (exact) mass is 392 g/mol. The van der Waals surface area contributed by atoms with Crippen LogP contribution in [0.15, 0.2) is 72.5 Å². The minimum Gasteiger partial charge on any atom is -0.497 e. The smallest absolute Gasteiger partial charge is 0.231 e. The van der Waals surface area contributed by atoms with Gasteiger partial charge in [0.25, 0.3) is 0 Å². The molecule has 140 valence electrons. The molecular weight excluding hydrogens is 376 g/mol. The lowest BCUT2D eigenvalue weighted by Gasteiger charge is -2.08. The lowest BCUT2D eigenvalue weighted by atomic mass is 10.1. The van der Waals surface area contributed by atoms with Gasteiger partial charge in [-0.15, -0.1) is 0 Å². The molecule has 3 aromatic rings. The highest BCUT2D eigenvalue weighted by Gasteiger charge is 2.27. The number of rotatable bonds is 5. The molecular formula is C23H17ClO4. The average molecular weight is 393 g/mol. The Morgan fingerprint density at radius 2 is 1.68 bits per heavy atom. The van der Waals surface area contributed by atoms with E-state index in [9.17, 15) is 4.79 Å². The molecule has 0 saturated carbocycles. The van der Waals surface area contributed by atoms with Crippen molar-refractivity contribution in [2.24, 2.45) is 0 Å². The van der Waals surface area contributed by atoms with E-state index in [1.807, 2.05) is 36.4 Å². The maximum Gasteiger partial charge on any atom is 0.231 e. The summed E-state index contributed by atoms with van der Waals surface area (Å²) < 4.78 is 16.7. The second kappa shape index (κ2) is 7.79. The summed E-state index contributed by atoms with van der Waals surface area (Å²) in [6.45, 7) is 0.407. The predicted molar refractivity (Wildman–Crippen MR) is 108 cm³/mol. The number of ketones is 1. The molecule has 28 heavy (non-hydrogen) atoms. The Morgan fingerprint density at radius 1 is 0.964 bits per heavy atom. The van der Waals surface area contributed by atoms with Crippen molar-refractivity contribution in [3.63, 3.8) is 0 Å². The zero-order valence-electron chi connectivity index (χ0n) is 15.1. The number of benzene rings is 3. The van der Waals surface area contributed by atoms with Crippen molar-refractivity contribution in [2.75, 3.05) is 7.11 Å². The average Bonchev–Trinajstić information content (AvgIpc) is 3.03. The standard InChI is InChI=1S/C23H17ClO4/c1-26-18-8-4-16(5-9-18)14-27-19-10-11-20-21(13-19)28-22(23(20)25)12-15-2-6-17(24)7-3-15/h2-13H,14H2,1H3. The molecule has 0 atom stereocenters. The van der Waals surface area contributed by atoms with Gasteiger partial charge in [-0.3, -0.25) is 4.79 Å². The molecule has 0 saturated heterocycles. The molecule has 4 rings (SSSR count). The van der Waals surface area contributed by atoms with Crippen molar-refractivity contribution in [3.05, 3.63) is 94.2 Å². The molecule has 0 spiro atoms. The molecule has 0 aromatic heterocycles. The van der Waals surface area contributed by atoms with Gasteiger partial charge in [-0.05, 0) is 53.6 Å². The summed E-state index contributed by atoms with van der Waals surface area (Å²) in [5, 5.41) is 0.641. The number of halogens is 1. The van der Waals surface area contributed by atoms with E-state index in [4.69, 9.17) is 25.8 Å². The highest BCUT2D eigenvalue weighted by atomic mass is 35.5. The number of Topliss-reactive ketones (excluding diaryl/α,β-unsaturated/α-hetero) is 1. The van der Waals surface area contributed by atoms with Crippen LogP contribution in [0.1, 0.15) is 21.5 Å². The summed E-state index contributed by atoms with van der Waals surface area (Å²) in [7, 11) is 1.63. The van der Waals surface area contributed by atoms with Crippen LogP contribution in [0.5, 0.6) is 17.2 Å². The maximum absolute atomic E-state index is 12.5. The van der Waals surface area contributed by atoms with Gasteiger partial charge in [0.15, 0.2) is 5.76 Å². The Morgan fingerprint density at radius 3 is 2.39 bits per heavy atom. The van der Waals surface area contributed by atoms with Crippen LogP contribution in [0.4, 0.5) is 0 Å². The number of methoxy groups -OCH3 is 1. The first-order valence-electron chi connectivity index (χ1n) is 8.72. The van der Waals surface area contributed by atoms with Crippen molar-refractivity contribution < 1.29 is 19.0 Å². The molecule has 0 radical (unpaired) electrons. The van der Waals surface area contributed by atoms with Crippen LogP contribution in [-0.4, -0.2) is 12.9 Å². The molecule has 5 heteroatoms. The highest BCUT2D eigenvalue weighted by Crippen LogP contribution is 2.35. The fourth-order valence-corrected chi connectivity index (χ4v) is 2.98. The molecule has 0 fully saturated rings. The third kappa shape index (κ3) is 3.87. The van der Waals surface area contributed by atoms with Gasteiger partial charge >= 0.3 is 0 Å². The maximum atomic E-state index is 12.5. The van der Waals surface area contributed by atoms with Gasteiger partial charge < -0.3 is 14.2 Å². The van der Waals surface area contributed by atoms with Gasteiger partial charge in [0.2, 0.25) is 5.78 Å². The van der Waals surface area contributed by atoms with Crippen LogP contribution in [0.3, 0.4) is 0 Å². The van der Waals surface area contributed by atoms with E-state index in [0.717, 1.165) is 16.9 Å². The number of fused-ring (bicyclic) bond motifs is 1. The number of carbonyl (C=O) groups excluding carboxylic acids is 1. The molecule has 4 nitrogen and oxygen atoms in total. The molecule has 1 aliphatic rings. The molecule has 0 unspecified atom stereocenters. The second-order valence-electron chi connectivity index (χ2n) is 6.29. The SMILES string of the molecule is COc1ccc(COc2ccc3c(c2)OC(=Cc2ccc(Cl)cc2)C3=O)cc1. The van der Waals surface area contributed by atoms with Crippen molar-refractivity contribution in [2.45, 2.75) is 6.61 Å². The third-order valence-electron chi connectivity index (χ3n) is 4.37. The van der Waals surface area contributed by atoms with Crippen LogP contribution in [0.2, 0.25) is 5.02 Å². The molecule has 1 heterocycles. The van der Waals surface area contributed by atoms with E-state index in [1.54, 1.807) is 43.5 Å². The molecule has 0 bridgehead atoms. The molecule has 0 N–H and O–H groups in total. The largest absolute Gasteiger partial charge is 0.497 e. The van der Waals surface area contributed by atoms with Crippen LogP contribution in [-0.2, 0) is 6.61 Å². The number of hydrogen-bond donors (Lipinski definition) is 0. The van der Waals surface area contributed by atoms with Gasteiger partial charge in [0.1, 0.15) is 23.9 Å². The Labute approximate surface area is 167 Å². The van der Waals surface area contributed by atoms with E-state index in [1.165, 1.54) is 0 Å². The molecule has 0 amide bonds. The summed E-state index contributed by atoms with van der Waals surface area (Å²) >= 11 is 5.90. The van der Waals surface area contributed by atoms with E-state index < -0.39 is 0 Å². The number of hydrogen-bond acceptors (Lipinski definition) is 4. The molecule has 0 aliphatic carbocycles. The topological polar surface area (TPSA) is 44.8 Å². The van der Waals surface area contributed by atoms with E-state index in [2.05, 4.69) is 0 Å². The minimum atomic E-state index is -0.147. The number of ether oxygens (including phenoxy) is 3. The van der Waals surface area contributed by atoms with Crippen molar-refractivity contribution in [1.29, 1.82) is 0 Å². The summed E-state index contributed by atoms with van der Waals surface area (Å²) in [6, 6.07) is 20.1. The predicted octanol–water partition coefficient (Wildman–Crippen LogP) is 5.54. The van der Waals surface area contributed by atoms with Gasteiger partial charge in [-0.1, -0.05) is 35.9 Å². The summed E-state index contributed by atoms with van der Waals surface area (Å²) in [6.07, 6.45) is 1.70. The van der Waals surface area contributed by atoms with Gasteiger partial charge in [-0.2, -0.15) is 0 Å². The van der Waals surface area contributed by atoms with Crippen LogP contribution in [0, 0.1) is 0 Å². The van der Waals surface area contributed by atoms with E-state index >= 15 is 0 Å². The number of carbonyl (C=O) groups is 1. The highest BCUT2D eigenvalue weighted by molar-refractivity contribution is 6.30. The fourth-order valence-electron chi connectivity index (χ4n) is 2.86. The molecule has 3 aromatic carbocycles. The summed E-state index contributed by atoms with van der Waals surface area (Å²) in [5.41, 5.74) is 2.38. The van der Waals surface area contributed by atoms with Crippen molar-refractivity contribution in [1.82, 2.24) is 0 Å². The fraction of sp³-hybridized carbons (Fsp3) is 0.0870. The zero-order valence-corrected chi connectivity index (χ0v) is 15.9. The van der Waals surface area contributed by atoms with E-state index in [0.29, 0.717) is 28.7 Å². The first kappa shape index (κ1) is 18.1. The number of allylic oxidation sites excluding steroid dienone is 1. The second-order valence-corrected chi connectivity index (χ2v) is 6.72. The van der Waals surface area contributed by atoms with Crippen LogP contribution >= 0.6 is 11.6 Å².